The van der Waals surface area contributed by atoms with Crippen LogP contribution in [0.15, 0.2) is 25.3 Å². The van der Waals surface area contributed by atoms with Crippen LogP contribution in [0.25, 0.3) is 0 Å². The van der Waals surface area contributed by atoms with Crippen molar-refractivity contribution in [3.63, 3.8) is 0 Å². The van der Waals surface area contributed by atoms with Crippen molar-refractivity contribution in [1.29, 1.82) is 0 Å². The third-order valence-electron chi connectivity index (χ3n) is 4.86. The highest BCUT2D eigenvalue weighted by molar-refractivity contribution is 5.98. The molecule has 0 amide bonds. The van der Waals surface area contributed by atoms with Gasteiger partial charge in [-0.25, -0.2) is 0 Å². The second-order valence-electron chi connectivity index (χ2n) is 7.12. The zero-order chi connectivity index (χ0) is 19.5. The fourth-order valence-electron chi connectivity index (χ4n) is 3.19. The molecule has 0 spiro atoms. The highest BCUT2D eigenvalue weighted by Gasteiger charge is 2.26. The Morgan fingerprint density at radius 3 is 1.73 bits per heavy atom. The van der Waals surface area contributed by atoms with Crippen LogP contribution in [0.2, 0.25) is 0 Å². The normalized spacial score (nSPS) is 11.7. The summed E-state index contributed by atoms with van der Waals surface area (Å²) in [6.45, 7) is 7.46. The molecular weight excluding hydrogens is 324 g/mol. The lowest BCUT2D eigenvalue weighted by Gasteiger charge is -2.13. The number of unbranched alkanes of at least 4 members (excludes halogenated alkanes) is 11. The van der Waals surface area contributed by atoms with Gasteiger partial charge in [0, 0.05) is 6.42 Å². The molecule has 1 atom stereocenters. The molecule has 150 valence electrons. The number of Topliss-reactive ketones (excluding diaryl/α,β-unsaturated/α-hetero) is 1. The lowest BCUT2D eigenvalue weighted by molar-refractivity contribution is -0.149. The first-order valence-corrected chi connectivity index (χ1v) is 10.5. The predicted octanol–water partition coefficient (Wildman–Crippen LogP) is 6.57. The molecule has 0 bridgehead atoms. The summed E-state index contributed by atoms with van der Waals surface area (Å²) < 4.78 is 4.85. The summed E-state index contributed by atoms with van der Waals surface area (Å²) in [7, 11) is 1.38. The Kier molecular flexibility index (Phi) is 17.4. The number of allylic oxidation sites excluding steroid dienone is 2. The number of carbonyl (C=O) groups is 2. The van der Waals surface area contributed by atoms with E-state index in [1.54, 1.807) is 0 Å². The molecule has 0 aromatic heterocycles. The molecule has 0 radical (unpaired) electrons. The van der Waals surface area contributed by atoms with Crippen LogP contribution < -0.4 is 0 Å². The fraction of sp³-hybridized carbons (Fsp3) is 0.739. The number of rotatable bonds is 19. The van der Waals surface area contributed by atoms with Crippen molar-refractivity contribution in [2.24, 2.45) is 5.92 Å². The Morgan fingerprint density at radius 1 is 0.769 bits per heavy atom. The number of methoxy groups -OCH3 is 1. The molecule has 0 aliphatic heterocycles. The van der Waals surface area contributed by atoms with E-state index in [0.29, 0.717) is 12.8 Å². The van der Waals surface area contributed by atoms with E-state index in [9.17, 15) is 9.59 Å². The Morgan fingerprint density at radius 2 is 1.23 bits per heavy atom. The monoisotopic (exact) mass is 364 g/mol. The highest BCUT2D eigenvalue weighted by atomic mass is 16.5. The molecule has 0 aliphatic rings. The molecule has 1 unspecified atom stereocenters. The number of ketones is 1. The maximum Gasteiger partial charge on any atom is 0.316 e. The van der Waals surface area contributed by atoms with Gasteiger partial charge in [-0.3, -0.25) is 9.59 Å². The van der Waals surface area contributed by atoms with Gasteiger partial charge in [-0.05, 0) is 38.5 Å². The summed E-state index contributed by atoms with van der Waals surface area (Å²) in [4.78, 5) is 24.3. The highest BCUT2D eigenvalue weighted by Crippen LogP contribution is 2.18. The van der Waals surface area contributed by atoms with E-state index in [2.05, 4.69) is 13.2 Å². The lowest BCUT2D eigenvalue weighted by atomic mass is 9.93. The Hall–Kier alpha value is -1.38. The molecule has 0 fully saturated rings. The molecule has 0 aromatic carbocycles. The van der Waals surface area contributed by atoms with E-state index in [4.69, 9.17) is 4.74 Å². The van der Waals surface area contributed by atoms with E-state index in [1.165, 1.54) is 39.2 Å². The van der Waals surface area contributed by atoms with E-state index in [-0.39, 0.29) is 11.8 Å². The molecular formula is C23H40O3. The Labute approximate surface area is 161 Å². The van der Waals surface area contributed by atoms with Crippen molar-refractivity contribution in [3.05, 3.63) is 25.3 Å². The summed E-state index contributed by atoms with van der Waals surface area (Å²) in [6, 6.07) is 0. The van der Waals surface area contributed by atoms with Gasteiger partial charge in [0.1, 0.15) is 11.7 Å². The molecule has 0 saturated carbocycles. The van der Waals surface area contributed by atoms with Crippen LogP contribution in [0.4, 0.5) is 0 Å². The van der Waals surface area contributed by atoms with Gasteiger partial charge in [-0.15, -0.1) is 13.2 Å². The van der Waals surface area contributed by atoms with E-state index in [1.807, 2.05) is 12.2 Å². The van der Waals surface area contributed by atoms with Crippen molar-refractivity contribution in [2.75, 3.05) is 7.11 Å². The number of ether oxygens (including phenoxy) is 1. The summed E-state index contributed by atoms with van der Waals surface area (Å²) in [5, 5.41) is 0. The van der Waals surface area contributed by atoms with Gasteiger partial charge in [0.05, 0.1) is 7.11 Å². The number of hydrogen-bond acceptors (Lipinski definition) is 3. The first kappa shape index (κ1) is 24.6. The second-order valence-corrected chi connectivity index (χ2v) is 7.12. The zero-order valence-corrected chi connectivity index (χ0v) is 17.0. The first-order chi connectivity index (χ1) is 12.7. The topological polar surface area (TPSA) is 43.4 Å². The Balaban J connectivity index is 3.91. The van der Waals surface area contributed by atoms with Crippen LogP contribution >= 0.6 is 0 Å². The van der Waals surface area contributed by atoms with Gasteiger partial charge in [0.15, 0.2) is 0 Å². The van der Waals surface area contributed by atoms with Gasteiger partial charge in [-0.2, -0.15) is 0 Å². The van der Waals surface area contributed by atoms with Crippen molar-refractivity contribution >= 4 is 11.8 Å². The Bertz CT molecular complexity index is 387. The summed E-state index contributed by atoms with van der Waals surface area (Å²) in [5.74, 6) is -0.845. The van der Waals surface area contributed by atoms with Gasteiger partial charge in [0.2, 0.25) is 0 Å². The molecule has 26 heavy (non-hydrogen) atoms. The first-order valence-electron chi connectivity index (χ1n) is 10.5. The summed E-state index contributed by atoms with van der Waals surface area (Å²) in [6.07, 6.45) is 19.5. The number of esters is 1. The molecule has 0 rings (SSSR count). The molecule has 0 N–H and O–H groups in total. The van der Waals surface area contributed by atoms with Crippen molar-refractivity contribution in [2.45, 2.75) is 96.3 Å². The molecule has 0 aliphatic carbocycles. The maximum atomic E-state index is 12.4. The van der Waals surface area contributed by atoms with Crippen LogP contribution in [0.5, 0.6) is 0 Å². The molecule has 3 nitrogen and oxygen atoms in total. The average Bonchev–Trinajstić information content (AvgIpc) is 2.65. The van der Waals surface area contributed by atoms with Crippen LogP contribution in [0, 0.1) is 5.92 Å². The summed E-state index contributed by atoms with van der Waals surface area (Å²) in [5.41, 5.74) is 0. The van der Waals surface area contributed by atoms with Crippen molar-refractivity contribution < 1.29 is 14.3 Å². The fourth-order valence-corrected chi connectivity index (χ4v) is 3.19. The van der Waals surface area contributed by atoms with Gasteiger partial charge < -0.3 is 4.74 Å². The number of hydrogen-bond donors (Lipinski definition) is 0. The smallest absolute Gasteiger partial charge is 0.316 e. The van der Waals surface area contributed by atoms with Crippen LogP contribution in [-0.2, 0) is 14.3 Å². The van der Waals surface area contributed by atoms with E-state index in [0.717, 1.165) is 51.4 Å². The lowest BCUT2D eigenvalue weighted by Crippen LogP contribution is -2.25. The predicted molar refractivity (Wildman–Crippen MR) is 110 cm³/mol. The third kappa shape index (κ3) is 13.9. The van der Waals surface area contributed by atoms with Crippen molar-refractivity contribution in [1.82, 2.24) is 0 Å². The number of carbonyl (C=O) groups excluding carboxylic acids is 2. The summed E-state index contributed by atoms with van der Waals surface area (Å²) >= 11 is 0. The quantitative estimate of drug-likeness (QED) is 0.113. The second kappa shape index (κ2) is 18.4. The third-order valence-corrected chi connectivity index (χ3v) is 4.86. The van der Waals surface area contributed by atoms with Crippen LogP contribution in [-0.4, -0.2) is 18.9 Å². The van der Waals surface area contributed by atoms with E-state index >= 15 is 0 Å². The molecule has 3 heteroatoms. The minimum Gasteiger partial charge on any atom is -0.468 e. The van der Waals surface area contributed by atoms with E-state index < -0.39 is 5.92 Å². The van der Waals surface area contributed by atoms with Gasteiger partial charge in [-0.1, -0.05) is 63.5 Å². The molecule has 0 aromatic rings. The SMILES string of the molecule is C=CCCCCCCCCC(=O)C(CCCCCCCC=C)C(=O)OC. The maximum absolute atomic E-state index is 12.4. The minimum absolute atomic E-state index is 0.0650. The largest absolute Gasteiger partial charge is 0.468 e. The minimum atomic E-state index is -0.555. The van der Waals surface area contributed by atoms with Crippen LogP contribution in [0.1, 0.15) is 96.3 Å². The van der Waals surface area contributed by atoms with Crippen molar-refractivity contribution in [3.8, 4) is 0 Å². The van der Waals surface area contributed by atoms with Gasteiger partial charge in [0.25, 0.3) is 0 Å². The standard InChI is InChI=1S/C23H40O3/c1-4-6-8-10-12-14-16-18-20-22(24)21(23(25)26-3)19-17-15-13-11-9-7-5-2/h4-5,21H,1-2,6-20H2,3H3. The average molecular weight is 365 g/mol. The van der Waals surface area contributed by atoms with Crippen LogP contribution in [0.3, 0.4) is 0 Å². The molecule has 0 heterocycles. The molecule has 0 saturated heterocycles. The van der Waals surface area contributed by atoms with Gasteiger partial charge >= 0.3 is 5.97 Å². The zero-order valence-electron chi connectivity index (χ0n) is 17.0.